The van der Waals surface area contributed by atoms with Gasteiger partial charge in [0.2, 0.25) is 0 Å². The van der Waals surface area contributed by atoms with E-state index in [1.165, 1.54) is 0 Å². The van der Waals surface area contributed by atoms with Crippen LogP contribution in [0.2, 0.25) is 0 Å². The Morgan fingerprint density at radius 2 is 1.73 bits per heavy atom. The number of hydrogen-bond acceptors (Lipinski definition) is 9. The Morgan fingerprint density at radius 3 is 2.37 bits per heavy atom. The molecule has 0 spiro atoms. The number of pyridine rings is 1. The van der Waals surface area contributed by atoms with Crippen molar-refractivity contribution in [1.29, 1.82) is 0 Å². The number of nitrogens with zero attached hydrogens (tertiary/aromatic N) is 4. The monoisotopic (exact) mass is 562 g/mol. The third kappa shape index (κ3) is 7.90. The van der Waals surface area contributed by atoms with Crippen LogP contribution in [0.5, 0.6) is 5.75 Å². The zero-order chi connectivity index (χ0) is 29.4. The van der Waals surface area contributed by atoms with Crippen LogP contribution in [0, 0.1) is 12.8 Å². The summed E-state index contributed by atoms with van der Waals surface area (Å²) in [4.78, 5) is 49.8. The highest BCUT2D eigenvalue weighted by Crippen LogP contribution is 2.28. The van der Waals surface area contributed by atoms with E-state index in [4.69, 9.17) is 9.84 Å². The van der Waals surface area contributed by atoms with Crippen LogP contribution in [0.15, 0.2) is 42.6 Å². The van der Waals surface area contributed by atoms with Crippen molar-refractivity contribution < 1.29 is 29.3 Å². The number of aliphatic carboxylic acids is 1. The number of aryl methyl sites for hydroxylation is 1. The molecule has 2 amide bonds. The number of piperidine rings is 1. The summed E-state index contributed by atoms with van der Waals surface area (Å²) in [6.07, 6.45) is 3.69. The Hall–Kier alpha value is -4.74. The van der Waals surface area contributed by atoms with Gasteiger partial charge in [-0.25, -0.2) is 14.8 Å². The number of carbonyl (C=O) groups excluding carboxylic acids is 2. The summed E-state index contributed by atoms with van der Waals surface area (Å²) in [5.74, 6) is -1.50. The first-order chi connectivity index (χ1) is 19.7. The van der Waals surface area contributed by atoms with Crippen LogP contribution in [-0.2, 0) is 22.6 Å². The van der Waals surface area contributed by atoms with Gasteiger partial charge in [-0.15, -0.1) is 0 Å². The van der Waals surface area contributed by atoms with Gasteiger partial charge in [-0.2, -0.15) is 0 Å². The number of alkyl carbamates (subject to hydrolysis) is 1. The van der Waals surface area contributed by atoms with Gasteiger partial charge in [0.1, 0.15) is 19.0 Å². The Bertz CT molecular complexity index is 1370. The van der Waals surface area contributed by atoms with Crippen molar-refractivity contribution in [2.75, 3.05) is 31.1 Å². The fraction of sp³-hybridized carbons (Fsp3) is 0.379. The summed E-state index contributed by atoms with van der Waals surface area (Å²) in [6, 6.07) is 12.1. The van der Waals surface area contributed by atoms with Crippen molar-refractivity contribution in [3.63, 3.8) is 0 Å². The second-order valence-electron chi connectivity index (χ2n) is 9.82. The summed E-state index contributed by atoms with van der Waals surface area (Å²) in [5.41, 5.74) is 3.88. The molecule has 1 fully saturated rings. The Kier molecular flexibility index (Phi) is 9.67. The third-order valence-corrected chi connectivity index (χ3v) is 6.87. The van der Waals surface area contributed by atoms with E-state index in [0.29, 0.717) is 30.4 Å². The molecular formula is C29H34N6O6. The smallest absolute Gasteiger partial charge is 0.407 e. The highest BCUT2D eigenvalue weighted by molar-refractivity contribution is 5.96. The molecule has 3 aromatic rings. The molecule has 0 unspecified atom stereocenters. The number of carboxylic acids is 1. The standard InChI is InChI=1S/C29H34N6O6/c1-3-30-29(40)41-17-22-7-4-21(15-31-22)20-5-8-23(9-6-20)35-12-10-19(11-13-35)14-24-33-18(2)27(38)26(34-24)28(39)32-16-25(36)37/h4-9,15,19,38H,3,10-14,16-17H2,1-2H3,(H,30,40)(H,32,39)(H,36,37). The fourth-order valence-corrected chi connectivity index (χ4v) is 4.65. The first-order valence-electron chi connectivity index (χ1n) is 13.5. The lowest BCUT2D eigenvalue weighted by Gasteiger charge is -2.33. The normalized spacial score (nSPS) is 13.5. The van der Waals surface area contributed by atoms with Gasteiger partial charge in [-0.3, -0.25) is 14.6 Å². The Morgan fingerprint density at radius 1 is 1.02 bits per heavy atom. The largest absolute Gasteiger partial charge is 0.504 e. The Balaban J connectivity index is 1.31. The van der Waals surface area contributed by atoms with E-state index in [0.717, 1.165) is 42.7 Å². The topological polar surface area (TPSA) is 167 Å². The minimum Gasteiger partial charge on any atom is -0.504 e. The molecule has 0 saturated carbocycles. The lowest BCUT2D eigenvalue weighted by atomic mass is 9.92. The molecule has 0 radical (unpaired) electrons. The van der Waals surface area contributed by atoms with Crippen LogP contribution in [0.1, 0.15) is 47.5 Å². The molecule has 12 nitrogen and oxygen atoms in total. The number of carboxylic acid groups (broad SMARTS) is 1. The lowest BCUT2D eigenvalue weighted by Crippen LogP contribution is -2.34. The summed E-state index contributed by atoms with van der Waals surface area (Å²) in [7, 11) is 0. The van der Waals surface area contributed by atoms with Crippen molar-refractivity contribution >= 4 is 23.7 Å². The molecule has 1 aliphatic rings. The molecule has 4 N–H and O–H groups in total. The highest BCUT2D eigenvalue weighted by Gasteiger charge is 2.23. The second kappa shape index (κ2) is 13.6. The first kappa shape index (κ1) is 29.2. The van der Waals surface area contributed by atoms with E-state index in [1.807, 2.05) is 19.1 Å². The predicted octanol–water partition coefficient (Wildman–Crippen LogP) is 3.07. The average molecular weight is 563 g/mol. The van der Waals surface area contributed by atoms with Gasteiger partial charge < -0.3 is 30.5 Å². The molecule has 1 aromatic carbocycles. The predicted molar refractivity (Wildman–Crippen MR) is 151 cm³/mol. The fourth-order valence-electron chi connectivity index (χ4n) is 4.65. The number of hydrogen-bond donors (Lipinski definition) is 4. The van der Waals surface area contributed by atoms with Gasteiger partial charge in [-0.05, 0) is 56.4 Å². The number of nitrogens with one attached hydrogen (secondary N) is 2. The number of benzene rings is 1. The van der Waals surface area contributed by atoms with Gasteiger partial charge in [0.15, 0.2) is 11.4 Å². The summed E-state index contributed by atoms with van der Waals surface area (Å²) in [6.45, 7) is 5.19. The number of carbonyl (C=O) groups is 3. The highest BCUT2D eigenvalue weighted by atomic mass is 16.5. The first-order valence-corrected chi connectivity index (χ1v) is 13.5. The number of aromatic nitrogens is 3. The molecule has 3 heterocycles. The van der Waals surface area contributed by atoms with Crippen LogP contribution in [0.25, 0.3) is 11.1 Å². The number of aromatic hydroxyl groups is 1. The van der Waals surface area contributed by atoms with E-state index in [1.54, 1.807) is 13.1 Å². The SMILES string of the molecule is CCNC(=O)OCc1ccc(-c2ccc(N3CCC(Cc4nc(C)c(O)c(C(=O)NCC(=O)O)n4)CC3)cc2)cn1. The second-order valence-corrected chi connectivity index (χ2v) is 9.82. The molecule has 41 heavy (non-hydrogen) atoms. The van der Waals surface area contributed by atoms with Gasteiger partial charge in [-0.1, -0.05) is 18.2 Å². The molecule has 0 bridgehead atoms. The zero-order valence-corrected chi connectivity index (χ0v) is 23.1. The van der Waals surface area contributed by atoms with E-state index in [9.17, 15) is 19.5 Å². The molecule has 0 aliphatic carbocycles. The molecule has 12 heteroatoms. The molecule has 4 rings (SSSR count). The maximum absolute atomic E-state index is 12.3. The average Bonchev–Trinajstić information content (AvgIpc) is 2.97. The Labute approximate surface area is 237 Å². The van der Waals surface area contributed by atoms with Crippen LogP contribution >= 0.6 is 0 Å². The van der Waals surface area contributed by atoms with Crippen LogP contribution in [0.4, 0.5) is 10.5 Å². The third-order valence-electron chi connectivity index (χ3n) is 6.87. The summed E-state index contributed by atoms with van der Waals surface area (Å²) < 4.78 is 5.11. The summed E-state index contributed by atoms with van der Waals surface area (Å²) in [5, 5.41) is 23.8. The van der Waals surface area contributed by atoms with Crippen LogP contribution in [0.3, 0.4) is 0 Å². The van der Waals surface area contributed by atoms with Crippen LogP contribution in [-0.4, -0.2) is 69.3 Å². The van der Waals surface area contributed by atoms with E-state index in [2.05, 4.69) is 54.8 Å². The van der Waals surface area contributed by atoms with Crippen molar-refractivity contribution in [3.05, 3.63) is 65.5 Å². The van der Waals surface area contributed by atoms with Crippen molar-refractivity contribution in [1.82, 2.24) is 25.6 Å². The molecule has 1 aliphatic heterocycles. The zero-order valence-electron chi connectivity index (χ0n) is 23.1. The number of amides is 2. The van der Waals surface area contributed by atoms with Crippen molar-refractivity contribution in [2.24, 2.45) is 5.92 Å². The van der Waals surface area contributed by atoms with Gasteiger partial charge >= 0.3 is 12.1 Å². The van der Waals surface area contributed by atoms with Crippen molar-refractivity contribution in [3.8, 4) is 16.9 Å². The van der Waals surface area contributed by atoms with Crippen molar-refractivity contribution in [2.45, 2.75) is 39.7 Å². The number of ether oxygens (including phenoxy) is 1. The molecule has 1 saturated heterocycles. The lowest BCUT2D eigenvalue weighted by molar-refractivity contribution is -0.135. The minimum absolute atomic E-state index is 0.114. The molecule has 216 valence electrons. The number of rotatable bonds is 10. The van der Waals surface area contributed by atoms with Gasteiger partial charge in [0.25, 0.3) is 5.91 Å². The molecular weight excluding hydrogens is 528 g/mol. The summed E-state index contributed by atoms with van der Waals surface area (Å²) >= 11 is 0. The van der Waals surface area contributed by atoms with Gasteiger partial charge in [0.05, 0.1) is 11.4 Å². The number of anilines is 1. The molecule has 2 aromatic heterocycles. The maximum atomic E-state index is 12.3. The van der Waals surface area contributed by atoms with Crippen LogP contribution < -0.4 is 15.5 Å². The van der Waals surface area contributed by atoms with E-state index in [-0.39, 0.29) is 23.7 Å². The van der Waals surface area contributed by atoms with Gasteiger partial charge in [0, 0.05) is 43.5 Å². The van der Waals surface area contributed by atoms with E-state index >= 15 is 0 Å². The maximum Gasteiger partial charge on any atom is 0.407 e. The van der Waals surface area contributed by atoms with E-state index < -0.39 is 24.5 Å². The quantitative estimate of drug-likeness (QED) is 0.288. The molecule has 0 atom stereocenters. The minimum atomic E-state index is -1.18.